The first-order chi connectivity index (χ1) is 12.0. The molecule has 1 heterocycles. The van der Waals surface area contributed by atoms with Gasteiger partial charge >= 0.3 is 0 Å². The van der Waals surface area contributed by atoms with Crippen molar-refractivity contribution in [2.75, 3.05) is 0 Å². The smallest absolute Gasteiger partial charge is 0.261 e. The van der Waals surface area contributed by atoms with E-state index in [1.165, 1.54) is 11.6 Å². The number of amides is 1. The number of aromatic amines is 1. The summed E-state index contributed by atoms with van der Waals surface area (Å²) < 4.78 is 0. The van der Waals surface area contributed by atoms with Gasteiger partial charge in [0.1, 0.15) is 5.56 Å². The van der Waals surface area contributed by atoms with Crippen LogP contribution in [0.4, 0.5) is 0 Å². The summed E-state index contributed by atoms with van der Waals surface area (Å²) in [5, 5.41) is 2.86. The molecule has 3 rings (SSSR count). The van der Waals surface area contributed by atoms with Crippen LogP contribution in [0, 0.1) is 6.92 Å². The third-order valence-electron chi connectivity index (χ3n) is 4.66. The predicted octanol–water partition coefficient (Wildman–Crippen LogP) is 2.56. The molecule has 5 heteroatoms. The number of pyridine rings is 1. The molecule has 130 valence electrons. The number of aromatic nitrogens is 1. The molecule has 25 heavy (non-hydrogen) atoms. The van der Waals surface area contributed by atoms with Crippen LogP contribution in [0.2, 0.25) is 0 Å². The third-order valence-corrected chi connectivity index (χ3v) is 4.66. The number of Topliss-reactive ketones (excluding diaryl/α,β-unsaturated/α-hetero) is 1. The minimum Gasteiger partial charge on any atom is -0.349 e. The monoisotopic (exact) mass is 338 g/mol. The van der Waals surface area contributed by atoms with Crippen LogP contribution >= 0.6 is 0 Å². The Morgan fingerprint density at radius 3 is 2.76 bits per heavy atom. The van der Waals surface area contributed by atoms with Crippen LogP contribution in [-0.4, -0.2) is 22.7 Å². The number of fused-ring (bicyclic) bond motifs is 1. The van der Waals surface area contributed by atoms with Crippen molar-refractivity contribution >= 4 is 11.7 Å². The second-order valence-corrected chi connectivity index (χ2v) is 6.69. The van der Waals surface area contributed by atoms with Crippen molar-refractivity contribution in [1.82, 2.24) is 10.3 Å². The normalized spacial score (nSPS) is 14.7. The van der Waals surface area contributed by atoms with Gasteiger partial charge in [0, 0.05) is 23.7 Å². The first-order valence-electron chi connectivity index (χ1n) is 8.60. The molecule has 1 aromatic carbocycles. The second-order valence-electron chi connectivity index (χ2n) is 6.69. The van der Waals surface area contributed by atoms with Crippen molar-refractivity contribution in [2.24, 2.45) is 0 Å². The van der Waals surface area contributed by atoms with Crippen LogP contribution in [0.5, 0.6) is 0 Å². The molecule has 5 nitrogen and oxygen atoms in total. The molecule has 2 N–H and O–H groups in total. The number of carbonyl (C=O) groups excluding carboxylic acids is 2. The van der Waals surface area contributed by atoms with E-state index in [0.29, 0.717) is 30.5 Å². The topological polar surface area (TPSA) is 79.0 Å². The Balaban J connectivity index is 1.77. The Labute approximate surface area is 146 Å². The SMILES string of the molecule is Cc1ccccc1C[C@H](C)NC(=O)c1cc2c([nH]c1=O)CCCC2=O. The molecule has 1 atom stereocenters. The minimum absolute atomic E-state index is 0.00522. The third kappa shape index (κ3) is 3.71. The lowest BCUT2D eigenvalue weighted by molar-refractivity contribution is 0.0938. The first kappa shape index (κ1) is 17.1. The van der Waals surface area contributed by atoms with Gasteiger partial charge in [-0.1, -0.05) is 24.3 Å². The van der Waals surface area contributed by atoms with Crippen LogP contribution in [0.15, 0.2) is 35.1 Å². The summed E-state index contributed by atoms with van der Waals surface area (Å²) >= 11 is 0. The quantitative estimate of drug-likeness (QED) is 0.899. The van der Waals surface area contributed by atoms with E-state index < -0.39 is 11.5 Å². The van der Waals surface area contributed by atoms with Gasteiger partial charge in [-0.25, -0.2) is 0 Å². The lowest BCUT2D eigenvalue weighted by Crippen LogP contribution is -2.38. The van der Waals surface area contributed by atoms with Crippen LogP contribution in [0.3, 0.4) is 0 Å². The summed E-state index contributed by atoms with van der Waals surface area (Å²) in [7, 11) is 0. The maximum atomic E-state index is 12.5. The van der Waals surface area contributed by atoms with Crippen molar-refractivity contribution in [2.45, 2.75) is 45.6 Å². The zero-order valence-electron chi connectivity index (χ0n) is 14.5. The average Bonchev–Trinajstić information content (AvgIpc) is 2.56. The zero-order chi connectivity index (χ0) is 18.0. The molecule has 0 saturated carbocycles. The van der Waals surface area contributed by atoms with Crippen LogP contribution in [-0.2, 0) is 12.8 Å². The molecule has 1 amide bonds. The average molecular weight is 338 g/mol. The molecule has 0 unspecified atom stereocenters. The van der Waals surface area contributed by atoms with Gasteiger partial charge in [-0.3, -0.25) is 14.4 Å². The van der Waals surface area contributed by atoms with Crippen molar-refractivity contribution in [1.29, 1.82) is 0 Å². The summed E-state index contributed by atoms with van der Waals surface area (Å²) in [5.74, 6) is -0.456. The zero-order valence-corrected chi connectivity index (χ0v) is 14.5. The fraction of sp³-hybridized carbons (Fsp3) is 0.350. The highest BCUT2D eigenvalue weighted by Gasteiger charge is 2.22. The number of nitrogens with one attached hydrogen (secondary N) is 2. The van der Waals surface area contributed by atoms with Gasteiger partial charge in [-0.05, 0) is 50.3 Å². The summed E-state index contributed by atoms with van der Waals surface area (Å²) in [4.78, 5) is 39.4. The van der Waals surface area contributed by atoms with E-state index in [-0.39, 0.29) is 17.4 Å². The highest BCUT2D eigenvalue weighted by atomic mass is 16.2. The van der Waals surface area contributed by atoms with E-state index >= 15 is 0 Å². The maximum Gasteiger partial charge on any atom is 0.261 e. The summed E-state index contributed by atoms with van der Waals surface area (Å²) in [6.07, 6.45) is 2.55. The van der Waals surface area contributed by atoms with E-state index in [1.807, 2.05) is 38.1 Å². The fourth-order valence-electron chi connectivity index (χ4n) is 3.27. The van der Waals surface area contributed by atoms with Gasteiger partial charge in [0.15, 0.2) is 5.78 Å². The van der Waals surface area contributed by atoms with Gasteiger partial charge in [0.05, 0.1) is 0 Å². The molecule has 0 saturated heterocycles. The number of H-pyrrole nitrogens is 1. The van der Waals surface area contributed by atoms with Crippen molar-refractivity contribution in [3.05, 3.63) is 68.6 Å². The van der Waals surface area contributed by atoms with Crippen LogP contribution in [0.25, 0.3) is 0 Å². The number of ketones is 1. The Bertz CT molecular complexity index is 883. The summed E-state index contributed by atoms with van der Waals surface area (Å²) in [6.45, 7) is 3.94. The van der Waals surface area contributed by atoms with Gasteiger partial charge in [-0.15, -0.1) is 0 Å². The molecular formula is C20H22N2O3. The van der Waals surface area contributed by atoms with E-state index in [0.717, 1.165) is 12.0 Å². The molecule has 0 radical (unpaired) electrons. The number of carbonyl (C=O) groups is 2. The lowest BCUT2D eigenvalue weighted by atomic mass is 9.93. The Morgan fingerprint density at radius 1 is 1.24 bits per heavy atom. The van der Waals surface area contributed by atoms with E-state index in [9.17, 15) is 14.4 Å². The van der Waals surface area contributed by atoms with Gasteiger partial charge in [0.25, 0.3) is 11.5 Å². The standard InChI is InChI=1S/C20H22N2O3/c1-12-6-3-4-7-14(12)10-13(2)21-19(24)16-11-15-17(22-20(16)25)8-5-9-18(15)23/h3-4,6-7,11,13H,5,8-10H2,1-2H3,(H,21,24)(H,22,25)/t13-/m0/s1. The van der Waals surface area contributed by atoms with Crippen molar-refractivity contribution < 1.29 is 9.59 Å². The first-order valence-corrected chi connectivity index (χ1v) is 8.60. The fourth-order valence-corrected chi connectivity index (χ4v) is 3.27. The summed E-state index contributed by atoms with van der Waals surface area (Å²) in [6, 6.07) is 9.33. The molecule has 0 fully saturated rings. The molecule has 1 aromatic heterocycles. The van der Waals surface area contributed by atoms with Gasteiger partial charge in [0.2, 0.25) is 0 Å². The molecule has 0 spiro atoms. The highest BCUT2D eigenvalue weighted by Crippen LogP contribution is 2.19. The van der Waals surface area contributed by atoms with Crippen LogP contribution < -0.4 is 10.9 Å². The van der Waals surface area contributed by atoms with E-state index in [4.69, 9.17) is 0 Å². The molecule has 0 aliphatic heterocycles. The van der Waals surface area contributed by atoms with E-state index in [2.05, 4.69) is 10.3 Å². The molecule has 2 aromatic rings. The summed E-state index contributed by atoms with van der Waals surface area (Å²) in [5.41, 5.74) is 3.01. The van der Waals surface area contributed by atoms with Gasteiger partial charge < -0.3 is 10.3 Å². The number of benzene rings is 1. The van der Waals surface area contributed by atoms with Crippen molar-refractivity contribution in [3.63, 3.8) is 0 Å². The Morgan fingerprint density at radius 2 is 2.00 bits per heavy atom. The number of rotatable bonds is 4. The largest absolute Gasteiger partial charge is 0.349 e. The maximum absolute atomic E-state index is 12.5. The number of aryl methyl sites for hydroxylation is 2. The molecular weight excluding hydrogens is 316 g/mol. The molecule has 1 aliphatic rings. The van der Waals surface area contributed by atoms with Crippen LogP contribution in [0.1, 0.15) is 57.3 Å². The molecule has 1 aliphatic carbocycles. The number of hydrogen-bond donors (Lipinski definition) is 2. The second kappa shape index (κ2) is 7.05. The highest BCUT2D eigenvalue weighted by molar-refractivity contribution is 6.01. The van der Waals surface area contributed by atoms with Gasteiger partial charge in [-0.2, -0.15) is 0 Å². The Kier molecular flexibility index (Phi) is 4.83. The van der Waals surface area contributed by atoms with Crippen molar-refractivity contribution in [3.8, 4) is 0 Å². The van der Waals surface area contributed by atoms with E-state index in [1.54, 1.807) is 0 Å². The predicted molar refractivity (Wildman–Crippen MR) is 96.1 cm³/mol. The minimum atomic E-state index is -0.441. The number of hydrogen-bond acceptors (Lipinski definition) is 3. The molecule has 0 bridgehead atoms. The lowest BCUT2D eigenvalue weighted by Gasteiger charge is -2.17. The Hall–Kier alpha value is -2.69.